The molecule has 0 aliphatic carbocycles. The lowest BCUT2D eigenvalue weighted by atomic mass is 10.5. The molecule has 0 saturated heterocycles. The summed E-state index contributed by atoms with van der Waals surface area (Å²) >= 11 is 0. The summed E-state index contributed by atoms with van der Waals surface area (Å²) < 4.78 is 170. The van der Waals surface area contributed by atoms with Gasteiger partial charge in [-0.3, -0.25) is 4.18 Å². The van der Waals surface area contributed by atoms with Crippen LogP contribution in [0.3, 0.4) is 0 Å². The van der Waals surface area contributed by atoms with Crippen LogP contribution >= 0.6 is 0 Å². The topological polar surface area (TPSA) is 71.1 Å². The average Bonchev–Trinajstić information content (AvgIpc) is 2.32. The monoisotopic (exact) mass is 454 g/mol. The van der Waals surface area contributed by atoms with Crippen LogP contribution in [0.2, 0.25) is 0 Å². The van der Waals surface area contributed by atoms with Crippen LogP contribution in [0.5, 0.6) is 0 Å². The zero-order valence-corrected chi connectivity index (χ0v) is 13.5. The van der Waals surface area contributed by atoms with Gasteiger partial charge in [-0.25, -0.2) is 9.47 Å². The molecule has 0 aliphatic heterocycles. The highest BCUT2D eigenvalue weighted by atomic mass is 32.2. The molecule has 0 saturated carbocycles. The highest BCUT2D eigenvalue weighted by molar-refractivity contribution is 7.85. The molecule has 0 bridgehead atoms. The number of alkyl halides is 11. The summed E-state index contributed by atoms with van der Waals surface area (Å²) in [4.78, 5) is 0. The predicted molar refractivity (Wildman–Crippen MR) is 59.6 cm³/mol. The van der Waals surface area contributed by atoms with Crippen LogP contribution in [-0.4, -0.2) is 65.1 Å². The van der Waals surface area contributed by atoms with Gasteiger partial charge in [-0.2, -0.15) is 56.7 Å². The van der Waals surface area contributed by atoms with Crippen molar-refractivity contribution >= 4 is 10.1 Å². The third-order valence-corrected chi connectivity index (χ3v) is 2.59. The summed E-state index contributed by atoms with van der Waals surface area (Å²) in [5, 5.41) is 0. The molecule has 18 heteroatoms. The maximum atomic E-state index is 13.0. The summed E-state index contributed by atoms with van der Waals surface area (Å²) in [5.74, 6) is 0. The molecule has 27 heavy (non-hydrogen) atoms. The number of halogens is 11. The maximum absolute atomic E-state index is 13.0. The summed E-state index contributed by atoms with van der Waals surface area (Å²) in [6, 6.07) is 0. The second kappa shape index (κ2) is 8.18. The number of hydrogen-bond acceptors (Lipinski definition) is 6. The largest absolute Gasteiger partial charge is 0.483 e. The Hall–Kier alpha value is -0.980. The van der Waals surface area contributed by atoms with Crippen molar-refractivity contribution in [2.75, 3.05) is 26.1 Å². The van der Waals surface area contributed by atoms with Crippen LogP contribution in [0.25, 0.3) is 0 Å². The zero-order valence-electron chi connectivity index (χ0n) is 12.6. The van der Waals surface area contributed by atoms with Crippen molar-refractivity contribution in [3.63, 3.8) is 0 Å². The van der Waals surface area contributed by atoms with Crippen molar-refractivity contribution in [2.24, 2.45) is 0 Å². The highest BCUT2D eigenvalue weighted by Crippen LogP contribution is 2.47. The smallest absolute Gasteiger partial charge is 0.370 e. The van der Waals surface area contributed by atoms with Gasteiger partial charge >= 0.3 is 30.6 Å². The Labute approximate surface area is 143 Å². The number of rotatable bonds is 11. The first-order valence-corrected chi connectivity index (χ1v) is 7.84. The minimum atomic E-state index is -6.86. The third kappa shape index (κ3) is 8.71. The Morgan fingerprint density at radius 3 is 1.56 bits per heavy atom. The summed E-state index contributed by atoms with van der Waals surface area (Å²) in [6.45, 7) is -4.15. The van der Waals surface area contributed by atoms with Crippen LogP contribution in [0.1, 0.15) is 0 Å². The SMILES string of the molecule is CS(=O)(=O)OCCOCC(F)(F)OC(F)(F)C(F)(F)OC(F)(F)C(F)(F)F. The average molecular weight is 454 g/mol. The fraction of sp³-hybridized carbons (Fsp3) is 1.00. The minimum Gasteiger partial charge on any atom is -0.370 e. The van der Waals surface area contributed by atoms with Gasteiger partial charge in [0.1, 0.15) is 6.61 Å². The molecule has 0 unspecified atom stereocenters. The van der Waals surface area contributed by atoms with Crippen molar-refractivity contribution < 1.29 is 75.1 Å². The first-order chi connectivity index (χ1) is 11.6. The quantitative estimate of drug-likeness (QED) is 0.272. The molecule has 0 amide bonds. The van der Waals surface area contributed by atoms with Crippen molar-refractivity contribution in [2.45, 2.75) is 30.6 Å². The van der Waals surface area contributed by atoms with E-state index in [2.05, 4.69) is 13.7 Å². The Morgan fingerprint density at radius 2 is 1.15 bits per heavy atom. The van der Waals surface area contributed by atoms with E-state index in [1.165, 1.54) is 0 Å². The molecule has 6 nitrogen and oxygen atoms in total. The molecule has 0 rings (SSSR count). The Balaban J connectivity index is 4.89. The van der Waals surface area contributed by atoms with Crippen LogP contribution < -0.4 is 0 Å². The van der Waals surface area contributed by atoms with Crippen LogP contribution in [-0.2, 0) is 28.5 Å². The highest BCUT2D eigenvalue weighted by Gasteiger charge is 2.72. The van der Waals surface area contributed by atoms with Gasteiger partial charge in [-0.1, -0.05) is 0 Å². The van der Waals surface area contributed by atoms with E-state index in [-0.39, 0.29) is 0 Å². The first kappa shape index (κ1) is 26.0. The van der Waals surface area contributed by atoms with E-state index in [1.54, 1.807) is 4.74 Å². The predicted octanol–water partition coefficient (Wildman–Crippen LogP) is 2.95. The van der Waals surface area contributed by atoms with Gasteiger partial charge in [0, 0.05) is 0 Å². The molecule has 0 fully saturated rings. The zero-order chi connectivity index (χ0) is 21.9. The minimum absolute atomic E-state index is 0.546. The maximum Gasteiger partial charge on any atom is 0.483 e. The molecule has 0 radical (unpaired) electrons. The second-order valence-electron chi connectivity index (χ2n) is 4.47. The lowest BCUT2D eigenvalue weighted by molar-refractivity contribution is -0.537. The molecule has 0 aromatic heterocycles. The van der Waals surface area contributed by atoms with Gasteiger partial charge in [0.05, 0.1) is 19.5 Å². The van der Waals surface area contributed by atoms with Gasteiger partial charge in [0.2, 0.25) is 0 Å². The molecule has 0 spiro atoms. The van der Waals surface area contributed by atoms with Crippen molar-refractivity contribution in [1.82, 2.24) is 0 Å². The second-order valence-corrected chi connectivity index (χ2v) is 6.11. The van der Waals surface area contributed by atoms with Crippen LogP contribution in [0, 0.1) is 0 Å². The Bertz CT molecular complexity index is 588. The number of hydrogen-bond donors (Lipinski definition) is 0. The molecule has 0 aromatic rings. The standard InChI is InChI=1S/C9H9F11O6S/c1-27(21,22)24-3-2-23-4-5(10,11)25-8(17,18)9(19,20)26-7(15,16)6(12,13)14/h2-4H2,1H3. The molecule has 0 aliphatic rings. The van der Waals surface area contributed by atoms with Crippen molar-refractivity contribution in [3.8, 4) is 0 Å². The number of ether oxygens (including phenoxy) is 3. The molecular formula is C9H9F11O6S. The van der Waals surface area contributed by atoms with Crippen molar-refractivity contribution in [1.29, 1.82) is 0 Å². The van der Waals surface area contributed by atoms with Crippen LogP contribution in [0.15, 0.2) is 0 Å². The lowest BCUT2D eigenvalue weighted by Gasteiger charge is -2.31. The van der Waals surface area contributed by atoms with E-state index in [9.17, 15) is 56.7 Å². The summed E-state index contributed by atoms with van der Waals surface area (Å²) in [6.07, 6.45) is -32.0. The molecule has 0 heterocycles. The molecule has 0 N–H and O–H groups in total. The fourth-order valence-electron chi connectivity index (χ4n) is 0.990. The van der Waals surface area contributed by atoms with Gasteiger partial charge in [-0.05, 0) is 0 Å². The lowest BCUT2D eigenvalue weighted by Crippen LogP contribution is -2.55. The molecule has 0 atom stereocenters. The Kier molecular flexibility index (Phi) is 7.88. The molecule has 164 valence electrons. The van der Waals surface area contributed by atoms with Crippen molar-refractivity contribution in [3.05, 3.63) is 0 Å². The molecule has 0 aromatic carbocycles. The molecular weight excluding hydrogens is 445 g/mol. The third-order valence-electron chi connectivity index (χ3n) is 2.00. The van der Waals surface area contributed by atoms with E-state index in [1.807, 2.05) is 0 Å². The van der Waals surface area contributed by atoms with Gasteiger partial charge in [0.25, 0.3) is 10.1 Å². The van der Waals surface area contributed by atoms with E-state index in [0.29, 0.717) is 6.26 Å². The summed E-state index contributed by atoms with van der Waals surface area (Å²) in [7, 11) is -4.02. The van der Waals surface area contributed by atoms with E-state index in [0.717, 1.165) is 0 Å². The van der Waals surface area contributed by atoms with Gasteiger partial charge in [-0.15, -0.1) is 0 Å². The van der Waals surface area contributed by atoms with E-state index < -0.39 is 60.5 Å². The van der Waals surface area contributed by atoms with E-state index in [4.69, 9.17) is 0 Å². The first-order valence-electron chi connectivity index (χ1n) is 6.02. The Morgan fingerprint density at radius 1 is 0.704 bits per heavy atom. The van der Waals surface area contributed by atoms with Crippen LogP contribution in [0.4, 0.5) is 48.3 Å². The fourth-order valence-corrected chi connectivity index (χ4v) is 1.36. The van der Waals surface area contributed by atoms with E-state index >= 15 is 0 Å². The van der Waals surface area contributed by atoms with Gasteiger partial charge in [0.15, 0.2) is 0 Å². The van der Waals surface area contributed by atoms with Gasteiger partial charge < -0.3 is 4.74 Å². The normalized spacial score (nSPS) is 15.3. The summed E-state index contributed by atoms with van der Waals surface area (Å²) in [5.41, 5.74) is 0.